The zero-order chi connectivity index (χ0) is 96.4. The number of furan rings is 3. The van der Waals surface area contributed by atoms with Crippen LogP contribution in [-0.2, 0) is 6.42 Å². The maximum Gasteiger partial charge on any atom is 0.306 e. The first-order chi connectivity index (χ1) is 72.2. The molecule has 6 aromatic heterocycles. The molecule has 26 aromatic rings. The molecule has 0 radical (unpaired) electrons. The molecular formula is C131H68N12O3. The quantitative estimate of drug-likeness (QED) is 0.129. The monoisotopic (exact) mass is 1860 g/mol. The van der Waals surface area contributed by atoms with Crippen LogP contribution in [0.25, 0.3) is 271 Å². The van der Waals surface area contributed by atoms with E-state index in [1.54, 1.807) is 0 Å². The topological polar surface area (TPSA) is 218 Å². The summed E-state index contributed by atoms with van der Waals surface area (Å²) in [7, 11) is 0. The Hall–Kier alpha value is -20.4. The second kappa shape index (κ2) is 31.6. The highest BCUT2D eigenvalue weighted by molar-refractivity contribution is 6.31. The van der Waals surface area contributed by atoms with E-state index in [2.05, 4.69) is 223 Å². The Balaban J connectivity index is 0.000000103. The largest absolute Gasteiger partial charge is 0.456 e. The van der Waals surface area contributed by atoms with Crippen molar-refractivity contribution in [3.63, 3.8) is 0 Å². The fourth-order valence-electron chi connectivity index (χ4n) is 24.3. The molecular weight excluding hydrogens is 1790 g/mol. The molecule has 2 atom stereocenters. The average molecular weight is 1860 g/mol. The molecule has 0 saturated heterocycles. The van der Waals surface area contributed by atoms with Crippen LogP contribution in [0.3, 0.4) is 0 Å². The number of hydrogen-bond donors (Lipinski definition) is 0. The molecule has 0 spiro atoms. The van der Waals surface area contributed by atoms with Crippen molar-refractivity contribution in [3.05, 3.63) is 461 Å². The van der Waals surface area contributed by atoms with Crippen LogP contribution >= 0.6 is 0 Å². The summed E-state index contributed by atoms with van der Waals surface area (Å²) in [6.07, 6.45) is 0.636. The van der Waals surface area contributed by atoms with Crippen molar-refractivity contribution in [2.75, 3.05) is 0 Å². The molecule has 7 aliphatic carbocycles. The van der Waals surface area contributed by atoms with Crippen molar-refractivity contribution in [2.45, 2.75) is 18.3 Å². The van der Waals surface area contributed by atoms with Crippen molar-refractivity contribution >= 4 is 104 Å². The predicted octanol–water partition coefficient (Wildman–Crippen LogP) is 32.4. The van der Waals surface area contributed by atoms with E-state index < -0.39 is 0 Å². The van der Waals surface area contributed by atoms with E-state index in [1.165, 1.54) is 77.2 Å². The van der Waals surface area contributed by atoms with E-state index in [0.717, 1.165) is 194 Å². The fourth-order valence-corrected chi connectivity index (χ4v) is 24.3. The average Bonchev–Trinajstić information content (AvgIpc) is 1.18. The highest BCUT2D eigenvalue weighted by Crippen LogP contribution is 2.64. The minimum Gasteiger partial charge on any atom is -0.456 e. The number of hydrogen-bond acceptors (Lipinski definition) is 14. The third-order valence-corrected chi connectivity index (χ3v) is 30.3. The van der Waals surface area contributed by atoms with Gasteiger partial charge in [-0.2, -0.15) is 15.8 Å². The Kier molecular flexibility index (Phi) is 17.7. The van der Waals surface area contributed by atoms with E-state index in [-0.39, 0.29) is 23.3 Å². The Labute approximate surface area is 833 Å². The number of benzene rings is 20. The summed E-state index contributed by atoms with van der Waals surface area (Å²) in [4.78, 5) is 44.7. The highest BCUT2D eigenvalue weighted by Gasteiger charge is 2.48. The molecule has 6 heterocycles. The van der Waals surface area contributed by atoms with Gasteiger partial charge in [0.15, 0.2) is 46.3 Å². The Morgan fingerprint density at radius 1 is 0.267 bits per heavy atom. The van der Waals surface area contributed by atoms with Gasteiger partial charge in [-0.15, -0.1) is 4.98 Å². The summed E-state index contributed by atoms with van der Waals surface area (Å²) in [5.41, 5.74) is 40.0. The van der Waals surface area contributed by atoms with Crippen LogP contribution < -0.4 is 0 Å². The van der Waals surface area contributed by atoms with Gasteiger partial charge in [-0.25, -0.2) is 34.9 Å². The lowest BCUT2D eigenvalue weighted by atomic mass is 9.62. The van der Waals surface area contributed by atoms with E-state index in [1.807, 2.05) is 188 Å². The van der Waals surface area contributed by atoms with Gasteiger partial charge in [0.25, 0.3) is 0 Å². The molecule has 0 amide bonds. The molecule has 0 N–H and O–H groups in total. The standard InChI is InChI=1S/C52H30N6O.C42H20N4O.C37H18N2O/c1-5-17-32(18-6-1)47-53-48(33-19-7-2-8-20-33)56-51(55-47)44-41-37-28-15-25-31-26-16-29-38(40(31)37)42(41)45(46-43(44)36-27-13-14-30-39(36)59-46)52-57-49(34-21-9-3-10-22-34)54-50(58-52)35-23-11-4-12-24-35;1-44-42-32(20-43)45-40-38-24-10-2-3-11-25(24)39(41(40)46-42)36-23(13-7-14-28(36)38)27-17-16-21-8-6-12-26-29-18-30-22-9-4-5-15-33(22)47-34(30)19-31(29)37(27)35(21)26;38-18-20-11-12-23-22(15-20)16-29-24(23)13-14-26(31(29)19-39)37-35-28-9-4-6-21-5-3-8-25(34(21)28)30(35)17-33-36(37)27-7-1-2-10-32(27)40-33/h1-30H;2-19,38-39H;1-15,17H,16H2. The number of para-hydroxylation sites is 3. The molecule has 0 saturated carbocycles. The molecule has 33 rings (SSSR count). The summed E-state index contributed by atoms with van der Waals surface area (Å²) < 4.78 is 19.9. The van der Waals surface area contributed by atoms with Crippen LogP contribution in [0.15, 0.2) is 401 Å². The number of nitriles is 3. The van der Waals surface area contributed by atoms with Gasteiger partial charge < -0.3 is 18.1 Å². The molecule has 670 valence electrons. The first-order valence-corrected chi connectivity index (χ1v) is 48.6. The van der Waals surface area contributed by atoms with Gasteiger partial charge in [0.1, 0.15) is 45.6 Å². The minimum atomic E-state index is -0.213. The van der Waals surface area contributed by atoms with Gasteiger partial charge in [0.2, 0.25) is 0 Å². The van der Waals surface area contributed by atoms with Gasteiger partial charge in [-0.1, -0.05) is 346 Å². The van der Waals surface area contributed by atoms with Crippen LogP contribution in [0.1, 0.15) is 73.4 Å². The zero-order valence-electron chi connectivity index (χ0n) is 77.4. The van der Waals surface area contributed by atoms with Gasteiger partial charge in [-0.3, -0.25) is 0 Å². The van der Waals surface area contributed by atoms with E-state index in [0.29, 0.717) is 58.1 Å². The normalized spacial score (nSPS) is 13.3. The van der Waals surface area contributed by atoms with Gasteiger partial charge in [0, 0.05) is 88.8 Å². The molecule has 0 fully saturated rings. The van der Waals surface area contributed by atoms with Crippen molar-refractivity contribution < 1.29 is 13.3 Å². The summed E-state index contributed by atoms with van der Waals surface area (Å²) in [6.45, 7) is 7.77. The molecule has 2 bridgehead atoms. The molecule has 20 aromatic carbocycles. The van der Waals surface area contributed by atoms with Crippen LogP contribution in [0.2, 0.25) is 0 Å². The van der Waals surface area contributed by atoms with Gasteiger partial charge >= 0.3 is 5.82 Å². The Bertz CT molecular complexity index is 10400. The summed E-state index contributed by atoms with van der Waals surface area (Å²) >= 11 is 0. The minimum absolute atomic E-state index is 0.0630. The summed E-state index contributed by atoms with van der Waals surface area (Å²) in [5, 5.41) is 43.3. The van der Waals surface area contributed by atoms with Gasteiger partial charge in [0.05, 0.1) is 40.3 Å². The maximum absolute atomic E-state index is 10.7. The Morgan fingerprint density at radius 2 is 0.733 bits per heavy atom. The number of rotatable bonds is 8. The van der Waals surface area contributed by atoms with Gasteiger partial charge in [-0.05, 0) is 192 Å². The van der Waals surface area contributed by atoms with Crippen molar-refractivity contribution in [1.29, 1.82) is 15.8 Å². The first-order valence-electron chi connectivity index (χ1n) is 48.6. The van der Waals surface area contributed by atoms with Crippen LogP contribution in [0.4, 0.5) is 5.82 Å². The number of fused-ring (bicyclic) bond motifs is 21. The first kappa shape index (κ1) is 81.6. The fraction of sp³-hybridized carbons (Fsp3) is 0.0229. The third-order valence-electron chi connectivity index (χ3n) is 30.3. The number of aromatic nitrogens is 8. The lowest BCUT2D eigenvalue weighted by Crippen LogP contribution is -2.30. The molecule has 15 nitrogen and oxygen atoms in total. The molecule has 0 aliphatic heterocycles. The van der Waals surface area contributed by atoms with Crippen LogP contribution in [-0.4, -0.2) is 39.9 Å². The van der Waals surface area contributed by atoms with E-state index in [4.69, 9.17) is 59.7 Å². The third kappa shape index (κ3) is 11.9. The SMILES string of the molecule is N#Cc1ccc2c(c1)Cc1c-2ccc(-c2c3c(cc4oc5ccccc5c24)-c2cccc4cccc-3c24)c1C#N.[C-]#[N+]c1nc2c(nc1C#N)C1c3ccccc3C2c2c(-c3ccc4cccc5c4c3-c3cc4oc6ccccc6c4cc3-5)cccc21.c1ccc(-c2nc(-c3ccccc3)nc(-c3c4c(c(-c5nc(-c6ccccc6)nc(-c6ccccc6)n5)c5c3oc3ccccc35)-c3cccc5cccc-4c35)n2)cc1. The van der Waals surface area contributed by atoms with Crippen molar-refractivity contribution in [1.82, 2.24) is 39.9 Å². The summed E-state index contributed by atoms with van der Waals surface area (Å²) in [6, 6.07) is 141. The van der Waals surface area contributed by atoms with Crippen molar-refractivity contribution in [3.8, 4) is 187 Å². The molecule has 7 aliphatic rings. The summed E-state index contributed by atoms with van der Waals surface area (Å²) in [5.74, 6) is 3.05. The van der Waals surface area contributed by atoms with Crippen LogP contribution in [0, 0.1) is 40.6 Å². The van der Waals surface area contributed by atoms with Crippen LogP contribution in [0.5, 0.6) is 0 Å². The Morgan fingerprint density at radius 3 is 1.34 bits per heavy atom. The highest BCUT2D eigenvalue weighted by atomic mass is 16.3. The molecule has 2 unspecified atom stereocenters. The lowest BCUT2D eigenvalue weighted by Gasteiger charge is -2.40. The molecule has 15 heteroatoms. The molecule has 146 heavy (non-hydrogen) atoms. The number of nitrogens with zero attached hydrogens (tertiary/aromatic N) is 12. The van der Waals surface area contributed by atoms with Crippen molar-refractivity contribution in [2.24, 2.45) is 0 Å². The lowest BCUT2D eigenvalue weighted by molar-refractivity contribution is 0.669. The van der Waals surface area contributed by atoms with E-state index in [9.17, 15) is 15.8 Å². The second-order valence-corrected chi connectivity index (χ2v) is 37.8. The van der Waals surface area contributed by atoms with E-state index >= 15 is 0 Å². The second-order valence-electron chi connectivity index (χ2n) is 37.8. The smallest absolute Gasteiger partial charge is 0.306 e. The maximum atomic E-state index is 10.7. The predicted molar refractivity (Wildman–Crippen MR) is 576 cm³/mol. The zero-order valence-corrected chi connectivity index (χ0v) is 77.4.